The van der Waals surface area contributed by atoms with Gasteiger partial charge >= 0.3 is 0 Å². The monoisotopic (exact) mass is 471 g/mol. The highest BCUT2D eigenvalue weighted by molar-refractivity contribution is 6.04. The highest BCUT2D eigenvalue weighted by Crippen LogP contribution is 2.38. The summed E-state index contributed by atoms with van der Waals surface area (Å²) in [4.78, 5) is 2.05. The molecular formula is C30H27F2NO2. The maximum absolute atomic E-state index is 14.3. The SMILES string of the molecule is CN(C)CCOc1ccc(C(=C(c2cccc(F)c2)c2cccc(F)c2)c2ccc(O)cc2)cc1. The molecule has 0 unspecified atom stereocenters. The summed E-state index contributed by atoms with van der Waals surface area (Å²) in [5, 5.41) is 9.88. The van der Waals surface area contributed by atoms with Gasteiger partial charge in [0.15, 0.2) is 0 Å². The maximum Gasteiger partial charge on any atom is 0.123 e. The molecule has 4 rings (SSSR count). The van der Waals surface area contributed by atoms with Crippen LogP contribution in [0.4, 0.5) is 8.78 Å². The Morgan fingerprint density at radius 2 is 1.17 bits per heavy atom. The maximum atomic E-state index is 14.3. The lowest BCUT2D eigenvalue weighted by molar-refractivity contribution is 0.261. The molecule has 4 aromatic rings. The van der Waals surface area contributed by atoms with Gasteiger partial charge in [0, 0.05) is 6.54 Å². The Morgan fingerprint density at radius 3 is 1.66 bits per heavy atom. The Morgan fingerprint density at radius 1 is 0.686 bits per heavy atom. The second-order valence-electron chi connectivity index (χ2n) is 8.49. The summed E-state index contributed by atoms with van der Waals surface area (Å²) in [5.41, 5.74) is 4.33. The minimum atomic E-state index is -0.383. The van der Waals surface area contributed by atoms with Crippen LogP contribution in [0, 0.1) is 11.6 Å². The molecule has 178 valence electrons. The van der Waals surface area contributed by atoms with Crippen LogP contribution in [0.5, 0.6) is 11.5 Å². The molecule has 35 heavy (non-hydrogen) atoms. The van der Waals surface area contributed by atoms with Crippen LogP contribution >= 0.6 is 0 Å². The quantitative estimate of drug-likeness (QED) is 0.293. The number of hydrogen-bond acceptors (Lipinski definition) is 3. The number of aromatic hydroxyl groups is 1. The van der Waals surface area contributed by atoms with E-state index in [2.05, 4.69) is 0 Å². The van der Waals surface area contributed by atoms with Crippen molar-refractivity contribution in [3.05, 3.63) is 131 Å². The molecule has 5 heteroatoms. The Hall–Kier alpha value is -3.96. The predicted octanol–water partition coefficient (Wildman–Crippen LogP) is 6.62. The number of ether oxygens (including phenoxy) is 1. The van der Waals surface area contributed by atoms with Crippen LogP contribution in [0.2, 0.25) is 0 Å². The van der Waals surface area contributed by atoms with Crippen molar-refractivity contribution >= 4 is 11.1 Å². The van der Waals surface area contributed by atoms with Gasteiger partial charge in [-0.3, -0.25) is 0 Å². The van der Waals surface area contributed by atoms with Gasteiger partial charge in [0.1, 0.15) is 29.7 Å². The Balaban J connectivity index is 1.92. The first-order chi connectivity index (χ1) is 16.9. The van der Waals surface area contributed by atoms with Gasteiger partial charge in [-0.05, 0) is 96.0 Å². The first-order valence-corrected chi connectivity index (χ1v) is 11.3. The molecule has 0 aliphatic heterocycles. The van der Waals surface area contributed by atoms with Crippen molar-refractivity contribution in [3.8, 4) is 11.5 Å². The van der Waals surface area contributed by atoms with Crippen molar-refractivity contribution in [2.24, 2.45) is 0 Å². The van der Waals surface area contributed by atoms with Crippen molar-refractivity contribution in [2.75, 3.05) is 27.2 Å². The lowest BCUT2D eigenvalue weighted by atomic mass is 9.85. The lowest BCUT2D eigenvalue weighted by Gasteiger charge is -2.19. The van der Waals surface area contributed by atoms with Crippen LogP contribution in [-0.2, 0) is 0 Å². The minimum absolute atomic E-state index is 0.135. The lowest BCUT2D eigenvalue weighted by Crippen LogP contribution is -2.19. The molecular weight excluding hydrogens is 444 g/mol. The zero-order valence-corrected chi connectivity index (χ0v) is 19.7. The molecule has 0 saturated carbocycles. The van der Waals surface area contributed by atoms with E-state index in [0.29, 0.717) is 23.3 Å². The van der Waals surface area contributed by atoms with Crippen LogP contribution in [0.15, 0.2) is 97.1 Å². The van der Waals surface area contributed by atoms with E-state index in [0.717, 1.165) is 29.0 Å². The molecule has 1 N–H and O–H groups in total. The molecule has 4 aromatic carbocycles. The average molecular weight is 472 g/mol. The van der Waals surface area contributed by atoms with Crippen LogP contribution in [0.3, 0.4) is 0 Å². The topological polar surface area (TPSA) is 32.7 Å². The standard InChI is InChI=1S/C30H27F2NO2/c1-33(2)17-18-35-28-15-11-22(12-16-28)29(21-9-13-27(34)14-10-21)30(23-5-3-7-25(31)19-23)24-6-4-8-26(32)20-24/h3-16,19-20,34H,17-18H2,1-2H3. The first-order valence-electron chi connectivity index (χ1n) is 11.3. The van der Waals surface area contributed by atoms with Crippen LogP contribution in [0.25, 0.3) is 11.1 Å². The minimum Gasteiger partial charge on any atom is -0.508 e. The molecule has 0 aliphatic carbocycles. The molecule has 0 aliphatic rings. The van der Waals surface area contributed by atoms with Crippen LogP contribution < -0.4 is 4.74 Å². The summed E-state index contributed by atoms with van der Waals surface area (Å²) >= 11 is 0. The van der Waals surface area contributed by atoms with Crippen molar-refractivity contribution < 1.29 is 18.6 Å². The van der Waals surface area contributed by atoms with Gasteiger partial charge in [-0.2, -0.15) is 0 Å². The Kier molecular flexibility index (Phi) is 7.58. The second-order valence-corrected chi connectivity index (χ2v) is 8.49. The third-order valence-electron chi connectivity index (χ3n) is 5.58. The number of phenolic OH excluding ortho intramolecular Hbond substituents is 1. The van der Waals surface area contributed by atoms with Gasteiger partial charge in [0.2, 0.25) is 0 Å². The average Bonchev–Trinajstić information content (AvgIpc) is 2.83. The highest BCUT2D eigenvalue weighted by Gasteiger charge is 2.17. The second kappa shape index (κ2) is 11.0. The number of halogens is 2. The molecule has 0 saturated heterocycles. The summed E-state index contributed by atoms with van der Waals surface area (Å²) in [6.07, 6.45) is 0. The fourth-order valence-corrected chi connectivity index (χ4v) is 3.89. The van der Waals surface area contributed by atoms with Crippen LogP contribution in [-0.4, -0.2) is 37.3 Å². The zero-order valence-electron chi connectivity index (χ0n) is 19.7. The fraction of sp³-hybridized carbons (Fsp3) is 0.133. The van der Waals surface area contributed by atoms with Crippen LogP contribution in [0.1, 0.15) is 22.3 Å². The van der Waals surface area contributed by atoms with E-state index in [4.69, 9.17) is 4.74 Å². The van der Waals surface area contributed by atoms with Gasteiger partial charge in [0.05, 0.1) is 0 Å². The van der Waals surface area contributed by atoms with E-state index in [1.54, 1.807) is 36.4 Å². The summed E-state index contributed by atoms with van der Waals surface area (Å²) in [5.74, 6) is 0.103. The Labute approximate surface area is 204 Å². The van der Waals surface area contributed by atoms with Gasteiger partial charge < -0.3 is 14.7 Å². The largest absolute Gasteiger partial charge is 0.508 e. The van der Waals surface area contributed by atoms with Crippen molar-refractivity contribution in [1.82, 2.24) is 4.90 Å². The Bertz CT molecular complexity index is 1270. The van der Waals surface area contributed by atoms with Crippen molar-refractivity contribution in [1.29, 1.82) is 0 Å². The van der Waals surface area contributed by atoms with Crippen molar-refractivity contribution in [3.63, 3.8) is 0 Å². The van der Waals surface area contributed by atoms with Gasteiger partial charge in [-0.15, -0.1) is 0 Å². The van der Waals surface area contributed by atoms with Gasteiger partial charge in [-0.25, -0.2) is 8.78 Å². The first kappa shape index (κ1) is 24.2. The normalized spacial score (nSPS) is 10.9. The molecule has 0 radical (unpaired) electrons. The highest BCUT2D eigenvalue weighted by atomic mass is 19.1. The van der Waals surface area contributed by atoms with E-state index in [9.17, 15) is 13.9 Å². The molecule has 0 aromatic heterocycles. The molecule has 0 spiro atoms. The van der Waals surface area contributed by atoms with E-state index in [1.165, 1.54) is 24.3 Å². The summed E-state index contributed by atoms with van der Waals surface area (Å²) in [6, 6.07) is 27.0. The van der Waals surface area contributed by atoms with Gasteiger partial charge in [-0.1, -0.05) is 48.5 Å². The smallest absolute Gasteiger partial charge is 0.123 e. The third-order valence-corrected chi connectivity index (χ3v) is 5.58. The fourth-order valence-electron chi connectivity index (χ4n) is 3.89. The molecule has 0 bridgehead atoms. The number of nitrogens with zero attached hydrogens (tertiary/aromatic N) is 1. The summed E-state index contributed by atoms with van der Waals surface area (Å²) < 4.78 is 34.5. The van der Waals surface area contributed by atoms with E-state index >= 15 is 0 Å². The van der Waals surface area contributed by atoms with E-state index < -0.39 is 0 Å². The molecule has 0 fully saturated rings. The van der Waals surface area contributed by atoms with Gasteiger partial charge in [0.25, 0.3) is 0 Å². The predicted molar refractivity (Wildman–Crippen MR) is 136 cm³/mol. The number of benzene rings is 4. The van der Waals surface area contributed by atoms with Crippen molar-refractivity contribution in [2.45, 2.75) is 0 Å². The molecule has 3 nitrogen and oxygen atoms in total. The molecule has 0 amide bonds. The third kappa shape index (κ3) is 6.14. The van der Waals surface area contributed by atoms with E-state index in [-0.39, 0.29) is 17.4 Å². The zero-order chi connectivity index (χ0) is 24.8. The number of phenols is 1. The van der Waals surface area contributed by atoms with E-state index in [1.807, 2.05) is 55.4 Å². The summed E-state index contributed by atoms with van der Waals surface area (Å²) in [6.45, 7) is 1.36. The number of hydrogen-bond donors (Lipinski definition) is 1. The number of rotatable bonds is 8. The number of likely N-dealkylation sites (N-methyl/N-ethyl adjacent to an activating group) is 1. The molecule has 0 atom stereocenters. The molecule has 0 heterocycles. The summed E-state index contributed by atoms with van der Waals surface area (Å²) in [7, 11) is 3.98.